The molecule has 1 aromatic rings. The Hall–Kier alpha value is -1.04. The largest absolute Gasteiger partial charge is 0.508 e. The zero-order chi connectivity index (χ0) is 11.5. The van der Waals surface area contributed by atoms with Crippen LogP contribution in [0.5, 0.6) is 5.75 Å². The molecule has 0 unspecified atom stereocenters. The van der Waals surface area contributed by atoms with Gasteiger partial charge in [-0.15, -0.1) is 0 Å². The number of phenols is 1. The highest BCUT2D eigenvalue weighted by Crippen LogP contribution is 2.14. The third-order valence-corrected chi connectivity index (χ3v) is 3.15. The van der Waals surface area contributed by atoms with E-state index < -0.39 is 10.0 Å². The fraction of sp³-hybridized carbons (Fsp3) is 0.111. The molecule has 0 heterocycles. The van der Waals surface area contributed by atoms with Crippen molar-refractivity contribution in [2.75, 3.05) is 6.54 Å². The second kappa shape index (κ2) is 4.65. The SMILES string of the molecule is C=C(Cl)CNS(=O)(=O)c1ccc(O)cc1. The number of aromatic hydroxyl groups is 1. The monoisotopic (exact) mass is 247 g/mol. The van der Waals surface area contributed by atoms with Crippen molar-refractivity contribution in [2.45, 2.75) is 4.90 Å². The Morgan fingerprint density at radius 2 is 1.93 bits per heavy atom. The van der Waals surface area contributed by atoms with Crippen molar-refractivity contribution in [3.63, 3.8) is 0 Å². The Morgan fingerprint density at radius 1 is 1.40 bits per heavy atom. The van der Waals surface area contributed by atoms with Crippen molar-refractivity contribution in [1.82, 2.24) is 4.72 Å². The van der Waals surface area contributed by atoms with E-state index in [1.165, 1.54) is 24.3 Å². The standard InChI is InChI=1S/C9H10ClNO3S/c1-7(10)6-11-15(13,14)9-4-2-8(12)3-5-9/h2-5,11-12H,1,6H2. The molecular weight excluding hydrogens is 238 g/mol. The van der Waals surface area contributed by atoms with Gasteiger partial charge in [-0.25, -0.2) is 13.1 Å². The number of benzene rings is 1. The van der Waals surface area contributed by atoms with Crippen LogP contribution in [0.2, 0.25) is 0 Å². The lowest BCUT2D eigenvalue weighted by Gasteiger charge is -2.05. The lowest BCUT2D eigenvalue weighted by molar-refractivity contribution is 0.474. The van der Waals surface area contributed by atoms with Crippen molar-refractivity contribution < 1.29 is 13.5 Å². The van der Waals surface area contributed by atoms with E-state index in [2.05, 4.69) is 11.3 Å². The number of halogens is 1. The quantitative estimate of drug-likeness (QED) is 0.846. The van der Waals surface area contributed by atoms with Gasteiger partial charge < -0.3 is 5.11 Å². The van der Waals surface area contributed by atoms with E-state index in [9.17, 15) is 8.42 Å². The number of rotatable bonds is 4. The molecule has 6 heteroatoms. The van der Waals surface area contributed by atoms with E-state index in [-0.39, 0.29) is 22.2 Å². The predicted octanol–water partition coefficient (Wildman–Crippen LogP) is 1.42. The molecular formula is C9H10ClNO3S. The summed E-state index contributed by atoms with van der Waals surface area (Å²) < 4.78 is 25.4. The molecule has 0 amide bonds. The molecule has 0 bridgehead atoms. The zero-order valence-electron chi connectivity index (χ0n) is 7.77. The van der Waals surface area contributed by atoms with E-state index in [0.29, 0.717) is 0 Å². The van der Waals surface area contributed by atoms with Crippen molar-refractivity contribution in [3.05, 3.63) is 35.9 Å². The molecule has 2 N–H and O–H groups in total. The van der Waals surface area contributed by atoms with Crippen LogP contribution < -0.4 is 4.72 Å². The molecule has 0 radical (unpaired) electrons. The molecule has 0 saturated heterocycles. The van der Waals surface area contributed by atoms with Crippen LogP contribution in [0.15, 0.2) is 40.8 Å². The van der Waals surface area contributed by atoms with E-state index in [4.69, 9.17) is 16.7 Å². The molecule has 0 fully saturated rings. The summed E-state index contributed by atoms with van der Waals surface area (Å²) in [6.45, 7) is 3.34. The van der Waals surface area contributed by atoms with Crippen LogP contribution in [0.3, 0.4) is 0 Å². The van der Waals surface area contributed by atoms with Crippen LogP contribution >= 0.6 is 11.6 Å². The molecule has 0 saturated carbocycles. The molecule has 1 rings (SSSR count). The third-order valence-electron chi connectivity index (χ3n) is 1.60. The Kier molecular flexibility index (Phi) is 3.73. The average Bonchev–Trinajstić information content (AvgIpc) is 2.16. The first-order valence-corrected chi connectivity index (χ1v) is 5.90. The molecule has 0 atom stereocenters. The third kappa shape index (κ3) is 3.54. The lowest BCUT2D eigenvalue weighted by atomic mass is 10.3. The Labute approximate surface area is 93.2 Å². The molecule has 0 aliphatic heterocycles. The fourth-order valence-electron chi connectivity index (χ4n) is 0.882. The highest BCUT2D eigenvalue weighted by molar-refractivity contribution is 7.89. The van der Waals surface area contributed by atoms with Crippen LogP contribution in [0.1, 0.15) is 0 Å². The maximum Gasteiger partial charge on any atom is 0.240 e. The minimum atomic E-state index is -3.58. The first-order valence-electron chi connectivity index (χ1n) is 4.04. The summed E-state index contributed by atoms with van der Waals surface area (Å²) in [6.07, 6.45) is 0. The van der Waals surface area contributed by atoms with Crippen molar-refractivity contribution in [1.29, 1.82) is 0 Å². The van der Waals surface area contributed by atoms with E-state index in [1.807, 2.05) is 0 Å². The van der Waals surface area contributed by atoms with Crippen LogP contribution in [0, 0.1) is 0 Å². The van der Waals surface area contributed by atoms with Crippen molar-refractivity contribution >= 4 is 21.6 Å². The minimum Gasteiger partial charge on any atom is -0.508 e. The summed E-state index contributed by atoms with van der Waals surface area (Å²) in [5.41, 5.74) is 0. The number of hydrogen-bond acceptors (Lipinski definition) is 3. The molecule has 0 aliphatic rings. The van der Waals surface area contributed by atoms with Crippen LogP contribution in [0.25, 0.3) is 0 Å². The molecule has 0 aliphatic carbocycles. The molecule has 15 heavy (non-hydrogen) atoms. The van der Waals surface area contributed by atoms with E-state index in [1.54, 1.807) is 0 Å². The topological polar surface area (TPSA) is 66.4 Å². The highest BCUT2D eigenvalue weighted by atomic mass is 35.5. The molecule has 1 aromatic carbocycles. The second-order valence-electron chi connectivity index (χ2n) is 2.84. The minimum absolute atomic E-state index is 0.00991. The summed E-state index contributed by atoms with van der Waals surface area (Å²) in [5, 5.41) is 9.20. The van der Waals surface area contributed by atoms with E-state index >= 15 is 0 Å². The van der Waals surface area contributed by atoms with Gasteiger partial charge in [-0.2, -0.15) is 0 Å². The fourth-order valence-corrected chi connectivity index (χ4v) is 2.05. The van der Waals surface area contributed by atoms with Gasteiger partial charge >= 0.3 is 0 Å². The van der Waals surface area contributed by atoms with E-state index in [0.717, 1.165) is 0 Å². The molecule has 0 spiro atoms. The summed E-state index contributed by atoms with van der Waals surface area (Å²) in [6, 6.07) is 5.19. The molecule has 4 nitrogen and oxygen atoms in total. The Morgan fingerprint density at radius 3 is 2.40 bits per heavy atom. The lowest BCUT2D eigenvalue weighted by Crippen LogP contribution is -2.24. The van der Waals surface area contributed by atoms with Gasteiger partial charge in [0.1, 0.15) is 5.75 Å². The van der Waals surface area contributed by atoms with Crippen molar-refractivity contribution in [3.8, 4) is 5.75 Å². The zero-order valence-corrected chi connectivity index (χ0v) is 9.35. The van der Waals surface area contributed by atoms with Crippen LogP contribution in [-0.2, 0) is 10.0 Å². The highest BCUT2D eigenvalue weighted by Gasteiger charge is 2.12. The first kappa shape index (κ1) is 12.0. The number of sulfonamides is 1. The van der Waals surface area contributed by atoms with Gasteiger partial charge in [0.25, 0.3) is 0 Å². The summed E-state index contributed by atoms with van der Waals surface area (Å²) in [5.74, 6) is 0.00991. The predicted molar refractivity (Wildman–Crippen MR) is 58.3 cm³/mol. The molecule has 82 valence electrons. The first-order chi connectivity index (χ1) is 6.92. The maximum atomic E-state index is 11.6. The Balaban J connectivity index is 2.87. The van der Waals surface area contributed by atoms with Crippen LogP contribution in [0.4, 0.5) is 0 Å². The van der Waals surface area contributed by atoms with Crippen molar-refractivity contribution in [2.24, 2.45) is 0 Å². The second-order valence-corrected chi connectivity index (χ2v) is 5.14. The molecule has 0 aromatic heterocycles. The Bertz CT molecular complexity index is 453. The smallest absolute Gasteiger partial charge is 0.240 e. The van der Waals surface area contributed by atoms with Gasteiger partial charge in [0.15, 0.2) is 0 Å². The van der Waals surface area contributed by atoms with Gasteiger partial charge in [-0.3, -0.25) is 0 Å². The summed E-state index contributed by atoms with van der Waals surface area (Å²) in [7, 11) is -3.58. The number of nitrogens with one attached hydrogen (secondary N) is 1. The summed E-state index contributed by atoms with van der Waals surface area (Å²) >= 11 is 5.44. The normalized spacial score (nSPS) is 11.3. The number of hydrogen-bond donors (Lipinski definition) is 2. The summed E-state index contributed by atoms with van der Waals surface area (Å²) in [4.78, 5) is 0.0678. The average molecular weight is 248 g/mol. The van der Waals surface area contributed by atoms with Gasteiger partial charge in [-0.1, -0.05) is 18.2 Å². The van der Waals surface area contributed by atoms with Gasteiger partial charge in [0.2, 0.25) is 10.0 Å². The van der Waals surface area contributed by atoms with Gasteiger partial charge in [0.05, 0.1) is 4.90 Å². The maximum absolute atomic E-state index is 11.6. The van der Waals surface area contributed by atoms with Crippen LogP contribution in [-0.4, -0.2) is 20.1 Å². The number of phenolic OH excluding ortho intramolecular Hbond substituents is 1. The van der Waals surface area contributed by atoms with Gasteiger partial charge in [-0.05, 0) is 24.3 Å². The van der Waals surface area contributed by atoms with Gasteiger partial charge in [0, 0.05) is 11.6 Å².